The first kappa shape index (κ1) is 12.1. The highest BCUT2D eigenvalue weighted by molar-refractivity contribution is 7.98. The van der Waals surface area contributed by atoms with Gasteiger partial charge in [0.15, 0.2) is 0 Å². The van der Waals surface area contributed by atoms with Crippen LogP contribution in [0, 0.1) is 6.92 Å². The van der Waals surface area contributed by atoms with Crippen molar-refractivity contribution < 1.29 is 9.53 Å². The van der Waals surface area contributed by atoms with Crippen LogP contribution in [-0.4, -0.2) is 19.3 Å². The zero-order valence-electron chi connectivity index (χ0n) is 9.53. The van der Waals surface area contributed by atoms with Gasteiger partial charge in [0.05, 0.1) is 13.0 Å². The number of rotatable bonds is 3. The number of thioether (sulfide) groups is 1. The van der Waals surface area contributed by atoms with Crippen molar-refractivity contribution in [2.24, 2.45) is 0 Å². The van der Waals surface area contributed by atoms with E-state index in [1.165, 1.54) is 17.6 Å². The maximum atomic E-state index is 11.4. The number of benzene rings is 1. The van der Waals surface area contributed by atoms with E-state index in [0.717, 1.165) is 5.56 Å². The lowest BCUT2D eigenvalue weighted by atomic mass is 9.97. The van der Waals surface area contributed by atoms with Gasteiger partial charge in [-0.1, -0.05) is 12.1 Å². The second-order valence-corrected chi connectivity index (χ2v) is 4.27. The van der Waals surface area contributed by atoms with Crippen molar-refractivity contribution in [2.45, 2.75) is 24.7 Å². The molecule has 82 valence electrons. The lowest BCUT2D eigenvalue weighted by Gasteiger charge is -2.14. The average Bonchev–Trinajstić information content (AvgIpc) is 2.27. The summed E-state index contributed by atoms with van der Waals surface area (Å²) in [6.07, 6.45) is 2.04. The number of ether oxygens (including phenoxy) is 1. The van der Waals surface area contributed by atoms with E-state index >= 15 is 0 Å². The number of carbonyl (C=O) groups is 1. The summed E-state index contributed by atoms with van der Waals surface area (Å²) in [6.45, 7) is 3.92. The molecule has 0 spiro atoms. The van der Waals surface area contributed by atoms with Crippen LogP contribution in [0.25, 0.3) is 0 Å². The smallest absolute Gasteiger partial charge is 0.312 e. The molecule has 1 aromatic carbocycles. The fraction of sp³-hybridized carbons (Fsp3) is 0.417. The normalized spacial score (nSPS) is 12.3. The molecule has 3 heteroatoms. The molecule has 0 saturated heterocycles. The van der Waals surface area contributed by atoms with E-state index < -0.39 is 0 Å². The third-order valence-corrected chi connectivity index (χ3v) is 3.45. The fourth-order valence-corrected chi connectivity index (χ4v) is 2.26. The van der Waals surface area contributed by atoms with Crippen molar-refractivity contribution in [3.8, 4) is 0 Å². The highest BCUT2D eigenvalue weighted by Gasteiger charge is 2.18. The predicted molar refractivity (Wildman–Crippen MR) is 63.4 cm³/mol. The Morgan fingerprint density at radius 2 is 2.13 bits per heavy atom. The summed E-state index contributed by atoms with van der Waals surface area (Å²) in [7, 11) is 1.42. The third-order valence-electron chi connectivity index (χ3n) is 2.57. The van der Waals surface area contributed by atoms with E-state index in [9.17, 15) is 4.79 Å². The molecule has 0 aliphatic carbocycles. The molecule has 0 aliphatic heterocycles. The molecule has 0 aliphatic rings. The van der Waals surface area contributed by atoms with Crippen LogP contribution in [0.3, 0.4) is 0 Å². The molecule has 0 N–H and O–H groups in total. The molecular weight excluding hydrogens is 208 g/mol. The van der Waals surface area contributed by atoms with Gasteiger partial charge in [-0.05, 0) is 37.3 Å². The summed E-state index contributed by atoms with van der Waals surface area (Å²) in [5.74, 6) is -0.376. The van der Waals surface area contributed by atoms with Gasteiger partial charge < -0.3 is 4.74 Å². The van der Waals surface area contributed by atoms with Gasteiger partial charge in [-0.3, -0.25) is 4.79 Å². The van der Waals surface area contributed by atoms with Gasteiger partial charge in [0.2, 0.25) is 0 Å². The van der Waals surface area contributed by atoms with E-state index in [2.05, 4.69) is 6.07 Å². The van der Waals surface area contributed by atoms with Crippen molar-refractivity contribution in [1.82, 2.24) is 0 Å². The van der Waals surface area contributed by atoms with Crippen LogP contribution in [0.15, 0.2) is 23.1 Å². The zero-order chi connectivity index (χ0) is 11.4. The summed E-state index contributed by atoms with van der Waals surface area (Å²) in [5.41, 5.74) is 2.22. The van der Waals surface area contributed by atoms with Crippen LogP contribution in [0.4, 0.5) is 0 Å². The van der Waals surface area contributed by atoms with E-state index in [1.807, 2.05) is 32.2 Å². The molecule has 0 aromatic heterocycles. The lowest BCUT2D eigenvalue weighted by molar-refractivity contribution is -0.142. The second kappa shape index (κ2) is 5.21. The Balaban J connectivity index is 3.09. The average molecular weight is 224 g/mol. The summed E-state index contributed by atoms with van der Waals surface area (Å²) in [4.78, 5) is 12.6. The number of hydrogen-bond acceptors (Lipinski definition) is 3. The molecule has 0 amide bonds. The Hall–Kier alpha value is -0.960. The van der Waals surface area contributed by atoms with E-state index in [-0.39, 0.29) is 11.9 Å². The predicted octanol–water partition coefficient (Wildman–Crippen LogP) is 2.99. The van der Waals surface area contributed by atoms with Gasteiger partial charge in [-0.2, -0.15) is 0 Å². The van der Waals surface area contributed by atoms with Gasteiger partial charge in [0.25, 0.3) is 0 Å². The van der Waals surface area contributed by atoms with E-state index in [1.54, 1.807) is 11.8 Å². The number of carbonyl (C=O) groups excluding carboxylic acids is 1. The minimum atomic E-state index is -0.193. The Morgan fingerprint density at radius 1 is 1.47 bits per heavy atom. The Labute approximate surface area is 95.0 Å². The van der Waals surface area contributed by atoms with Crippen molar-refractivity contribution in [2.75, 3.05) is 13.4 Å². The highest BCUT2D eigenvalue weighted by Crippen LogP contribution is 2.28. The van der Waals surface area contributed by atoms with Crippen molar-refractivity contribution in [3.05, 3.63) is 29.3 Å². The highest BCUT2D eigenvalue weighted by atomic mass is 32.2. The summed E-state index contributed by atoms with van der Waals surface area (Å²) in [6, 6.07) is 6.03. The topological polar surface area (TPSA) is 26.3 Å². The van der Waals surface area contributed by atoms with E-state index in [4.69, 9.17) is 4.74 Å². The van der Waals surface area contributed by atoms with Gasteiger partial charge >= 0.3 is 5.97 Å². The minimum absolute atomic E-state index is 0.184. The Morgan fingerprint density at radius 3 is 2.67 bits per heavy atom. The molecule has 1 unspecified atom stereocenters. The van der Waals surface area contributed by atoms with Crippen molar-refractivity contribution in [1.29, 1.82) is 0 Å². The standard InChI is InChI=1S/C12H16O2S/c1-8-10(9(2)12(13)14-3)6-5-7-11(8)15-4/h5-7,9H,1-4H3. The summed E-state index contributed by atoms with van der Waals surface area (Å²) in [5, 5.41) is 0. The van der Waals surface area contributed by atoms with Gasteiger partial charge in [-0.15, -0.1) is 11.8 Å². The Kier molecular flexibility index (Phi) is 4.21. The zero-order valence-corrected chi connectivity index (χ0v) is 10.4. The lowest BCUT2D eigenvalue weighted by Crippen LogP contribution is -2.12. The van der Waals surface area contributed by atoms with Gasteiger partial charge in [0, 0.05) is 4.90 Å². The second-order valence-electron chi connectivity index (χ2n) is 3.42. The molecule has 0 fully saturated rings. The molecule has 1 aromatic rings. The molecule has 15 heavy (non-hydrogen) atoms. The molecule has 2 nitrogen and oxygen atoms in total. The summed E-state index contributed by atoms with van der Waals surface area (Å²) < 4.78 is 4.75. The first-order valence-electron chi connectivity index (χ1n) is 4.83. The molecule has 0 radical (unpaired) electrons. The van der Waals surface area contributed by atoms with Crippen LogP contribution in [0.1, 0.15) is 24.0 Å². The Bertz CT molecular complexity index is 361. The van der Waals surface area contributed by atoms with Crippen molar-refractivity contribution >= 4 is 17.7 Å². The molecule has 0 heterocycles. The third kappa shape index (κ3) is 2.53. The van der Waals surface area contributed by atoms with Crippen LogP contribution in [-0.2, 0) is 9.53 Å². The van der Waals surface area contributed by atoms with Gasteiger partial charge in [0.1, 0.15) is 0 Å². The molecular formula is C12H16O2S. The molecule has 0 bridgehead atoms. The maximum Gasteiger partial charge on any atom is 0.312 e. The quantitative estimate of drug-likeness (QED) is 0.583. The first-order chi connectivity index (χ1) is 7.11. The van der Waals surface area contributed by atoms with Crippen LogP contribution < -0.4 is 0 Å². The summed E-state index contributed by atoms with van der Waals surface area (Å²) >= 11 is 1.69. The first-order valence-corrected chi connectivity index (χ1v) is 6.05. The maximum absolute atomic E-state index is 11.4. The van der Waals surface area contributed by atoms with E-state index in [0.29, 0.717) is 0 Å². The number of methoxy groups -OCH3 is 1. The fourth-order valence-electron chi connectivity index (χ4n) is 1.63. The van der Waals surface area contributed by atoms with Crippen LogP contribution in [0.5, 0.6) is 0 Å². The number of esters is 1. The van der Waals surface area contributed by atoms with Crippen molar-refractivity contribution in [3.63, 3.8) is 0 Å². The largest absolute Gasteiger partial charge is 0.469 e. The minimum Gasteiger partial charge on any atom is -0.469 e. The molecule has 0 saturated carbocycles. The monoisotopic (exact) mass is 224 g/mol. The molecule has 1 atom stereocenters. The van der Waals surface area contributed by atoms with Gasteiger partial charge in [-0.25, -0.2) is 0 Å². The number of hydrogen-bond donors (Lipinski definition) is 0. The van der Waals surface area contributed by atoms with Crippen LogP contribution >= 0.6 is 11.8 Å². The SMILES string of the molecule is COC(=O)C(C)c1cccc(SC)c1C. The van der Waals surface area contributed by atoms with Crippen LogP contribution in [0.2, 0.25) is 0 Å². The molecule has 1 rings (SSSR count).